The van der Waals surface area contributed by atoms with Crippen molar-refractivity contribution >= 4 is 5.69 Å². The van der Waals surface area contributed by atoms with E-state index in [1.165, 1.54) is 16.7 Å². The number of nitrogens with one attached hydrogen (secondary N) is 1. The molecule has 2 heteroatoms. The van der Waals surface area contributed by atoms with Gasteiger partial charge in [0, 0.05) is 12.2 Å². The van der Waals surface area contributed by atoms with Crippen molar-refractivity contribution in [2.24, 2.45) is 0 Å². The fourth-order valence-electron chi connectivity index (χ4n) is 2.03. The first-order valence-corrected chi connectivity index (χ1v) is 6.45. The lowest BCUT2D eigenvalue weighted by molar-refractivity contribution is 1.10. The van der Waals surface area contributed by atoms with E-state index < -0.39 is 0 Å². The highest BCUT2D eigenvalue weighted by Crippen LogP contribution is 2.16. The van der Waals surface area contributed by atoms with E-state index in [-0.39, 0.29) is 0 Å². The lowest BCUT2D eigenvalue weighted by atomic mass is 10.0. The first kappa shape index (κ1) is 13.2. The predicted molar refractivity (Wildman–Crippen MR) is 79.0 cm³/mol. The van der Waals surface area contributed by atoms with E-state index in [2.05, 4.69) is 43.4 Å². The lowest BCUT2D eigenvalue weighted by Crippen LogP contribution is -2.02. The molecule has 0 fully saturated rings. The zero-order valence-electron chi connectivity index (χ0n) is 11.4. The van der Waals surface area contributed by atoms with Crippen LogP contribution in [-0.2, 0) is 13.0 Å². The van der Waals surface area contributed by atoms with E-state index in [4.69, 9.17) is 5.26 Å². The van der Waals surface area contributed by atoms with Gasteiger partial charge in [0.25, 0.3) is 0 Å². The number of rotatable bonds is 4. The molecule has 1 N–H and O–H groups in total. The van der Waals surface area contributed by atoms with Gasteiger partial charge in [-0.3, -0.25) is 0 Å². The number of nitriles is 1. The average molecular weight is 250 g/mol. The molecule has 0 bridgehead atoms. The van der Waals surface area contributed by atoms with Crippen molar-refractivity contribution in [2.75, 3.05) is 5.32 Å². The van der Waals surface area contributed by atoms with Crippen LogP contribution in [0.15, 0.2) is 42.5 Å². The Balaban J connectivity index is 2.02. The number of hydrogen-bond acceptors (Lipinski definition) is 2. The molecule has 0 aliphatic carbocycles. The Morgan fingerprint density at radius 1 is 1.05 bits per heavy atom. The monoisotopic (exact) mass is 250 g/mol. The molecular formula is C17H18N2. The number of nitrogens with zero attached hydrogens (tertiary/aromatic N) is 1. The smallest absolute Gasteiger partial charge is 0.0669 e. The van der Waals surface area contributed by atoms with E-state index in [1.807, 2.05) is 24.3 Å². The molecule has 19 heavy (non-hydrogen) atoms. The van der Waals surface area contributed by atoms with Crippen LogP contribution in [0.2, 0.25) is 0 Å². The van der Waals surface area contributed by atoms with Crippen molar-refractivity contribution < 1.29 is 0 Å². The molecule has 0 unspecified atom stereocenters. The van der Waals surface area contributed by atoms with Gasteiger partial charge in [0.2, 0.25) is 0 Å². The van der Waals surface area contributed by atoms with Crippen molar-refractivity contribution in [3.8, 4) is 6.07 Å². The molecule has 2 nitrogen and oxygen atoms in total. The normalized spacial score (nSPS) is 9.95. The summed E-state index contributed by atoms with van der Waals surface area (Å²) in [6, 6.07) is 16.6. The Bertz CT molecular complexity index is 592. The molecular weight excluding hydrogens is 232 g/mol. The molecule has 0 atom stereocenters. The molecule has 0 heterocycles. The molecule has 0 saturated carbocycles. The maximum Gasteiger partial charge on any atom is 0.0669 e. The second-order valence-electron chi connectivity index (χ2n) is 4.74. The van der Waals surface area contributed by atoms with Gasteiger partial charge in [-0.15, -0.1) is 0 Å². The van der Waals surface area contributed by atoms with Crippen LogP contribution in [0.3, 0.4) is 0 Å². The third kappa shape index (κ3) is 3.35. The summed E-state index contributed by atoms with van der Waals surface area (Å²) in [6.45, 7) is 5.11. The van der Waals surface area contributed by atoms with Crippen LogP contribution in [-0.4, -0.2) is 0 Å². The number of benzene rings is 2. The molecule has 96 valence electrons. The third-order valence-corrected chi connectivity index (χ3v) is 3.44. The highest BCUT2D eigenvalue weighted by Gasteiger charge is 2.00. The maximum atomic E-state index is 8.63. The molecule has 0 aliphatic heterocycles. The maximum absolute atomic E-state index is 8.63. The first-order valence-electron chi connectivity index (χ1n) is 6.45. The quantitative estimate of drug-likeness (QED) is 0.890. The zero-order valence-corrected chi connectivity index (χ0v) is 11.4. The summed E-state index contributed by atoms with van der Waals surface area (Å²) >= 11 is 0. The van der Waals surface area contributed by atoms with Gasteiger partial charge in [-0.2, -0.15) is 5.26 Å². The van der Waals surface area contributed by atoms with Crippen molar-refractivity contribution in [1.29, 1.82) is 5.26 Å². The Hall–Kier alpha value is -2.27. The topological polar surface area (TPSA) is 35.8 Å². The molecule has 2 aromatic carbocycles. The van der Waals surface area contributed by atoms with Gasteiger partial charge >= 0.3 is 0 Å². The number of hydrogen-bond donors (Lipinski definition) is 1. The van der Waals surface area contributed by atoms with Gasteiger partial charge in [-0.1, -0.05) is 30.3 Å². The Morgan fingerprint density at radius 2 is 1.79 bits per heavy atom. The van der Waals surface area contributed by atoms with E-state index in [9.17, 15) is 0 Å². The van der Waals surface area contributed by atoms with E-state index in [0.29, 0.717) is 6.42 Å². The Morgan fingerprint density at radius 3 is 2.47 bits per heavy atom. The molecule has 0 spiro atoms. The van der Waals surface area contributed by atoms with Gasteiger partial charge in [0.1, 0.15) is 0 Å². The predicted octanol–water partition coefficient (Wildman–Crippen LogP) is 3.98. The van der Waals surface area contributed by atoms with Crippen molar-refractivity contribution in [3.63, 3.8) is 0 Å². The van der Waals surface area contributed by atoms with Crippen LogP contribution < -0.4 is 5.32 Å². The number of aryl methyl sites for hydroxylation is 1. The molecule has 0 aromatic heterocycles. The second kappa shape index (κ2) is 6.06. The summed E-state index contributed by atoms with van der Waals surface area (Å²) in [4.78, 5) is 0. The largest absolute Gasteiger partial charge is 0.381 e. The summed E-state index contributed by atoms with van der Waals surface area (Å²) in [5, 5.41) is 12.0. The van der Waals surface area contributed by atoms with Gasteiger partial charge in [-0.05, 0) is 48.2 Å². The lowest BCUT2D eigenvalue weighted by Gasteiger charge is -2.11. The standard InChI is InChI=1S/C17H18N2/c1-13-4-3-5-16(14(13)2)12-19-17-8-6-15(7-9-17)10-11-18/h3-9,19H,10,12H2,1-2H3. The zero-order chi connectivity index (χ0) is 13.7. The summed E-state index contributed by atoms with van der Waals surface area (Å²) in [7, 11) is 0. The van der Waals surface area contributed by atoms with Gasteiger partial charge < -0.3 is 5.32 Å². The summed E-state index contributed by atoms with van der Waals surface area (Å²) in [5.41, 5.74) is 6.13. The molecule has 0 saturated heterocycles. The van der Waals surface area contributed by atoms with Crippen LogP contribution in [0.5, 0.6) is 0 Å². The van der Waals surface area contributed by atoms with Crippen LogP contribution in [0.25, 0.3) is 0 Å². The second-order valence-corrected chi connectivity index (χ2v) is 4.74. The highest BCUT2D eigenvalue weighted by atomic mass is 14.9. The minimum atomic E-state index is 0.470. The first-order chi connectivity index (χ1) is 9.20. The molecule has 0 radical (unpaired) electrons. The van der Waals surface area contributed by atoms with Crippen molar-refractivity contribution in [2.45, 2.75) is 26.8 Å². The number of anilines is 1. The van der Waals surface area contributed by atoms with E-state index >= 15 is 0 Å². The van der Waals surface area contributed by atoms with Crippen LogP contribution >= 0.6 is 0 Å². The molecule has 2 rings (SSSR count). The fraction of sp³-hybridized carbons (Fsp3) is 0.235. The van der Waals surface area contributed by atoms with Gasteiger partial charge in [0.05, 0.1) is 12.5 Å². The third-order valence-electron chi connectivity index (χ3n) is 3.44. The fourth-order valence-corrected chi connectivity index (χ4v) is 2.03. The minimum Gasteiger partial charge on any atom is -0.381 e. The summed E-state index contributed by atoms with van der Waals surface area (Å²) in [6.07, 6.45) is 0.470. The van der Waals surface area contributed by atoms with E-state index in [1.54, 1.807) is 0 Å². The van der Waals surface area contributed by atoms with Gasteiger partial charge in [-0.25, -0.2) is 0 Å². The van der Waals surface area contributed by atoms with Crippen LogP contribution in [0, 0.1) is 25.2 Å². The van der Waals surface area contributed by atoms with Crippen molar-refractivity contribution in [1.82, 2.24) is 0 Å². The van der Waals surface area contributed by atoms with Crippen LogP contribution in [0.1, 0.15) is 22.3 Å². The molecule has 0 amide bonds. The Kier molecular flexibility index (Phi) is 4.20. The Labute approximate surface area is 114 Å². The van der Waals surface area contributed by atoms with Crippen LogP contribution in [0.4, 0.5) is 5.69 Å². The van der Waals surface area contributed by atoms with Gasteiger partial charge in [0.15, 0.2) is 0 Å². The summed E-state index contributed by atoms with van der Waals surface area (Å²) < 4.78 is 0. The van der Waals surface area contributed by atoms with Crippen molar-refractivity contribution in [3.05, 3.63) is 64.7 Å². The SMILES string of the molecule is Cc1cccc(CNc2ccc(CC#N)cc2)c1C. The molecule has 0 aliphatic rings. The molecule has 2 aromatic rings. The minimum absolute atomic E-state index is 0.470. The summed E-state index contributed by atoms with van der Waals surface area (Å²) in [5.74, 6) is 0. The van der Waals surface area contributed by atoms with E-state index in [0.717, 1.165) is 17.8 Å². The highest BCUT2D eigenvalue weighted by molar-refractivity contribution is 5.46. The average Bonchev–Trinajstić information content (AvgIpc) is 2.42.